The number of carbonyl (C=O) groups excluding carboxylic acids is 4. The van der Waals surface area contributed by atoms with E-state index in [2.05, 4.69) is 0 Å². The second-order valence-corrected chi connectivity index (χ2v) is 9.72. The van der Waals surface area contributed by atoms with Crippen molar-refractivity contribution < 1.29 is 54.3 Å². The van der Waals surface area contributed by atoms with Gasteiger partial charge in [0.2, 0.25) is 0 Å². The summed E-state index contributed by atoms with van der Waals surface area (Å²) >= 11 is 0. The van der Waals surface area contributed by atoms with Crippen LogP contribution < -0.4 is 0 Å². The third kappa shape index (κ3) is 2.53. The smallest absolute Gasteiger partial charge is 0.264 e. The minimum Gasteiger partial charge on any atom is -0.274 e. The summed E-state index contributed by atoms with van der Waals surface area (Å²) < 4.78 is 126. The van der Waals surface area contributed by atoms with Crippen LogP contribution in [0.5, 0.6) is 0 Å². The molecule has 0 aliphatic carbocycles. The van der Waals surface area contributed by atoms with Gasteiger partial charge in [-0.3, -0.25) is 29.0 Å². The molecule has 42 heavy (non-hydrogen) atoms. The zero-order valence-electron chi connectivity index (χ0n) is 21.0. The van der Waals surface area contributed by atoms with Gasteiger partial charge in [0.15, 0.2) is 46.5 Å². The SMILES string of the molecule is CCN1C(=O)c2c(F)c(F)c3c4c(F)c(F)c5c6c(c(F)c(F)c(c7c(F)c(F)c(c2c37)C1=O)c64)C(=O)N(CC)C5=O. The maximum Gasteiger partial charge on any atom is 0.264 e. The van der Waals surface area contributed by atoms with Crippen molar-refractivity contribution in [3.63, 3.8) is 0 Å². The second kappa shape index (κ2) is 7.89. The molecule has 0 atom stereocenters. The van der Waals surface area contributed by atoms with Crippen molar-refractivity contribution in [2.24, 2.45) is 0 Å². The minimum atomic E-state index is -2.09. The lowest BCUT2D eigenvalue weighted by Gasteiger charge is -2.31. The normalized spacial score (nSPS) is 15.2. The number of nitrogens with zero attached hydrogens (tertiary/aromatic N) is 2. The summed E-state index contributed by atoms with van der Waals surface area (Å²) in [7, 11) is 0. The molecule has 14 heteroatoms. The zero-order chi connectivity index (χ0) is 30.4. The molecule has 0 N–H and O–H groups in total. The summed E-state index contributed by atoms with van der Waals surface area (Å²) in [4.78, 5) is 52.7. The van der Waals surface area contributed by atoms with Crippen molar-refractivity contribution in [3.05, 3.63) is 68.8 Å². The molecule has 6 nitrogen and oxygen atoms in total. The van der Waals surface area contributed by atoms with E-state index in [4.69, 9.17) is 0 Å². The molecule has 4 amide bonds. The molecule has 5 aromatic carbocycles. The van der Waals surface area contributed by atoms with Gasteiger partial charge < -0.3 is 0 Å². The molecule has 2 aliphatic heterocycles. The van der Waals surface area contributed by atoms with Gasteiger partial charge in [-0.05, 0) is 13.8 Å². The molecule has 0 aromatic heterocycles. The first-order valence-corrected chi connectivity index (χ1v) is 12.3. The predicted molar refractivity (Wildman–Crippen MR) is 129 cm³/mol. The fourth-order valence-corrected chi connectivity index (χ4v) is 6.30. The number of halogens is 8. The van der Waals surface area contributed by atoms with Crippen LogP contribution in [0, 0.1) is 46.5 Å². The maximum atomic E-state index is 15.9. The summed E-state index contributed by atoms with van der Waals surface area (Å²) in [5.74, 6) is -22.5. The van der Waals surface area contributed by atoms with E-state index in [-0.39, 0.29) is 9.80 Å². The van der Waals surface area contributed by atoms with Crippen molar-refractivity contribution in [2.45, 2.75) is 13.8 Å². The molecule has 2 heterocycles. The Morgan fingerprint density at radius 1 is 0.357 bits per heavy atom. The quantitative estimate of drug-likeness (QED) is 0.108. The number of benzene rings is 5. The van der Waals surface area contributed by atoms with Crippen LogP contribution in [-0.4, -0.2) is 46.5 Å². The summed E-state index contributed by atoms with van der Waals surface area (Å²) in [5, 5.41) is -9.75. The lowest BCUT2D eigenvalue weighted by Crippen LogP contribution is -2.42. The van der Waals surface area contributed by atoms with E-state index in [0.717, 1.165) is 0 Å². The van der Waals surface area contributed by atoms with E-state index in [1.165, 1.54) is 13.8 Å². The number of hydrogen-bond acceptors (Lipinski definition) is 4. The fraction of sp³-hybridized carbons (Fsp3) is 0.143. The van der Waals surface area contributed by atoms with Gasteiger partial charge >= 0.3 is 0 Å². The van der Waals surface area contributed by atoms with Crippen molar-refractivity contribution in [3.8, 4) is 0 Å². The third-order valence-electron chi connectivity index (χ3n) is 8.00. The molecule has 0 radical (unpaired) electrons. The third-order valence-corrected chi connectivity index (χ3v) is 8.00. The first-order valence-electron chi connectivity index (χ1n) is 12.3. The highest BCUT2D eigenvalue weighted by molar-refractivity contribution is 6.41. The molecule has 0 saturated heterocycles. The van der Waals surface area contributed by atoms with Crippen LogP contribution in [-0.2, 0) is 0 Å². The zero-order valence-corrected chi connectivity index (χ0v) is 21.0. The summed E-state index contributed by atoms with van der Waals surface area (Å²) in [5.41, 5.74) is -5.10. The standard InChI is InChI=1S/C28H10F8N2O4/c1-3-37-25(39)13-7-5-9(17(29)21(13)33)11-6-8-15(23(35)19(11)31)27(41)38(4-2)28(42)16(8)24(36)20(32)12(6)10(5)18(30)22(34)14(7)26(37)40/h3-4H2,1-2H3. The van der Waals surface area contributed by atoms with E-state index >= 15 is 35.1 Å². The minimum absolute atomic E-state index is 0.281. The Morgan fingerprint density at radius 3 is 0.762 bits per heavy atom. The number of amides is 4. The Hall–Kier alpha value is -4.88. The molecule has 0 bridgehead atoms. The van der Waals surface area contributed by atoms with Crippen LogP contribution in [0.3, 0.4) is 0 Å². The highest BCUT2D eigenvalue weighted by Gasteiger charge is 2.45. The Balaban J connectivity index is 1.93. The fourth-order valence-electron chi connectivity index (χ4n) is 6.30. The van der Waals surface area contributed by atoms with Crippen LogP contribution in [0.15, 0.2) is 0 Å². The van der Waals surface area contributed by atoms with Gasteiger partial charge in [-0.15, -0.1) is 0 Å². The Kier molecular flexibility index (Phi) is 4.90. The van der Waals surface area contributed by atoms with Crippen LogP contribution in [0.1, 0.15) is 55.3 Å². The van der Waals surface area contributed by atoms with E-state index in [1.807, 2.05) is 0 Å². The highest BCUT2D eigenvalue weighted by Crippen LogP contribution is 2.52. The second-order valence-electron chi connectivity index (χ2n) is 9.72. The van der Waals surface area contributed by atoms with Crippen molar-refractivity contribution in [1.82, 2.24) is 9.80 Å². The number of hydrogen-bond donors (Lipinski definition) is 0. The van der Waals surface area contributed by atoms with Gasteiger partial charge in [0.1, 0.15) is 0 Å². The average Bonchev–Trinajstić information content (AvgIpc) is 2.95. The predicted octanol–water partition coefficient (Wildman–Crippen LogP) is 6.08. The van der Waals surface area contributed by atoms with E-state index in [0.29, 0.717) is 0 Å². The van der Waals surface area contributed by atoms with Crippen LogP contribution in [0.2, 0.25) is 0 Å². The van der Waals surface area contributed by atoms with Gasteiger partial charge in [0.25, 0.3) is 23.6 Å². The molecule has 0 saturated carbocycles. The Morgan fingerprint density at radius 2 is 0.571 bits per heavy atom. The largest absolute Gasteiger partial charge is 0.274 e. The monoisotopic (exact) mass is 590 g/mol. The maximum absolute atomic E-state index is 15.9. The van der Waals surface area contributed by atoms with Crippen LogP contribution in [0.25, 0.3) is 43.1 Å². The Bertz CT molecular complexity index is 1950. The van der Waals surface area contributed by atoms with E-state index in [9.17, 15) is 19.2 Å². The van der Waals surface area contributed by atoms with Gasteiger partial charge in [-0.1, -0.05) is 0 Å². The van der Waals surface area contributed by atoms with E-state index in [1.54, 1.807) is 0 Å². The molecule has 0 unspecified atom stereocenters. The number of fused-ring (bicyclic) bond motifs is 2. The molecular weight excluding hydrogens is 580 g/mol. The number of rotatable bonds is 2. The summed E-state index contributed by atoms with van der Waals surface area (Å²) in [6, 6.07) is 0. The topological polar surface area (TPSA) is 74.8 Å². The van der Waals surface area contributed by atoms with Crippen LogP contribution in [0.4, 0.5) is 35.1 Å². The summed E-state index contributed by atoms with van der Waals surface area (Å²) in [6.07, 6.45) is 0. The van der Waals surface area contributed by atoms with Crippen LogP contribution >= 0.6 is 0 Å². The molecule has 212 valence electrons. The molecular formula is C28H10F8N2O4. The average molecular weight is 590 g/mol. The molecule has 0 fully saturated rings. The number of carbonyl (C=O) groups is 4. The van der Waals surface area contributed by atoms with E-state index < -0.39 is 149 Å². The molecule has 0 spiro atoms. The van der Waals surface area contributed by atoms with Gasteiger partial charge in [0.05, 0.1) is 22.3 Å². The molecule has 2 aliphatic rings. The first kappa shape index (κ1) is 26.0. The molecule has 5 aromatic rings. The van der Waals surface area contributed by atoms with Gasteiger partial charge in [-0.2, -0.15) is 0 Å². The lowest BCUT2D eigenvalue weighted by atomic mass is 9.80. The van der Waals surface area contributed by atoms with Crippen molar-refractivity contribution >= 4 is 66.7 Å². The molecule has 7 rings (SSSR count). The van der Waals surface area contributed by atoms with Crippen molar-refractivity contribution in [1.29, 1.82) is 0 Å². The van der Waals surface area contributed by atoms with Gasteiger partial charge in [0, 0.05) is 56.2 Å². The van der Waals surface area contributed by atoms with Gasteiger partial charge in [-0.25, -0.2) is 35.1 Å². The number of imide groups is 2. The highest BCUT2D eigenvalue weighted by atomic mass is 19.2. The van der Waals surface area contributed by atoms with Crippen molar-refractivity contribution in [2.75, 3.05) is 13.1 Å². The lowest BCUT2D eigenvalue weighted by molar-refractivity contribution is 0.0596. The summed E-state index contributed by atoms with van der Waals surface area (Å²) in [6.45, 7) is 1.46. The Labute approximate surface area is 227 Å². The first-order chi connectivity index (χ1) is 19.8.